The zero-order valence-electron chi connectivity index (χ0n) is 30.0. The first kappa shape index (κ1) is 36.5. The number of aromatic nitrogens is 1. The van der Waals surface area contributed by atoms with Crippen LogP contribution in [0.1, 0.15) is 114 Å². The third kappa shape index (κ3) is 8.29. The van der Waals surface area contributed by atoms with E-state index in [1.807, 2.05) is 33.8 Å². The number of hydrogen-bond donors (Lipinski definition) is 0. The van der Waals surface area contributed by atoms with E-state index in [4.69, 9.17) is 4.98 Å². The first-order valence-corrected chi connectivity index (χ1v) is 17.1. The van der Waals surface area contributed by atoms with Gasteiger partial charge >= 0.3 is 0 Å². The first-order valence-electron chi connectivity index (χ1n) is 17.1. The van der Waals surface area contributed by atoms with Gasteiger partial charge in [0.2, 0.25) is 0 Å². The van der Waals surface area contributed by atoms with Crippen molar-refractivity contribution < 1.29 is 0 Å². The molecule has 3 heteroatoms. The summed E-state index contributed by atoms with van der Waals surface area (Å²) in [7, 11) is 2.28. The van der Waals surface area contributed by atoms with Gasteiger partial charge in [0.15, 0.2) is 0 Å². The third-order valence-electron chi connectivity index (χ3n) is 9.48. The summed E-state index contributed by atoms with van der Waals surface area (Å²) in [6.45, 7) is 36.3. The van der Waals surface area contributed by atoms with E-state index in [1.54, 1.807) is 5.56 Å². The summed E-state index contributed by atoms with van der Waals surface area (Å²) in [5, 5.41) is 1.45. The van der Waals surface area contributed by atoms with Gasteiger partial charge in [-0.25, -0.2) is 0 Å². The number of aryl methyl sites for hydroxylation is 3. The van der Waals surface area contributed by atoms with Gasteiger partial charge in [0.05, 0.1) is 5.52 Å². The van der Waals surface area contributed by atoms with Crippen molar-refractivity contribution in [3.05, 3.63) is 87.8 Å². The molecule has 0 fully saturated rings. The van der Waals surface area contributed by atoms with E-state index in [0.717, 1.165) is 56.6 Å². The zero-order chi connectivity index (χ0) is 32.4. The lowest BCUT2D eigenvalue weighted by Crippen LogP contribution is -2.29. The van der Waals surface area contributed by atoms with Gasteiger partial charge in [0, 0.05) is 36.4 Å². The van der Waals surface area contributed by atoms with E-state index < -0.39 is 0 Å². The van der Waals surface area contributed by atoms with Crippen LogP contribution in [-0.4, -0.2) is 41.5 Å². The molecule has 2 aliphatic carbocycles. The SMILES string of the molecule is C=CCC1=C(C)CN(Cc2c(C)nc3cc(C)c(C)c4c3c2C(CN(C)CCC)CC4)C1=C.CC.CC.CC1C=CC1C. The fraction of sp³-hybridized carbons (Fsp3) is 0.575. The number of benzene rings is 1. The summed E-state index contributed by atoms with van der Waals surface area (Å²) in [5.41, 5.74) is 13.7. The maximum absolute atomic E-state index is 5.17. The highest BCUT2D eigenvalue weighted by molar-refractivity contribution is 5.90. The molecule has 3 atom stereocenters. The third-order valence-corrected chi connectivity index (χ3v) is 9.48. The van der Waals surface area contributed by atoms with Gasteiger partial charge in [-0.3, -0.25) is 4.98 Å². The lowest BCUT2D eigenvalue weighted by molar-refractivity contribution is 0.302. The molecular formula is C40H63N3. The second-order valence-electron chi connectivity index (χ2n) is 12.4. The maximum Gasteiger partial charge on any atom is 0.0713 e. The number of rotatable bonds is 8. The van der Waals surface area contributed by atoms with Crippen LogP contribution in [0.5, 0.6) is 0 Å². The Morgan fingerprint density at radius 3 is 2.21 bits per heavy atom. The highest BCUT2D eigenvalue weighted by Gasteiger charge is 2.31. The molecule has 2 heterocycles. The Hall–Kier alpha value is -2.65. The van der Waals surface area contributed by atoms with E-state index in [0.29, 0.717) is 5.92 Å². The highest BCUT2D eigenvalue weighted by atomic mass is 15.2. The summed E-state index contributed by atoms with van der Waals surface area (Å²) in [5.74, 6) is 2.25. The minimum absolute atomic E-state index is 0.549. The van der Waals surface area contributed by atoms with Gasteiger partial charge in [-0.1, -0.05) is 73.3 Å². The van der Waals surface area contributed by atoms with Crippen LogP contribution in [0.3, 0.4) is 0 Å². The molecule has 1 aromatic heterocycles. The van der Waals surface area contributed by atoms with Crippen LogP contribution in [0.15, 0.2) is 54.3 Å². The second-order valence-corrected chi connectivity index (χ2v) is 12.4. The van der Waals surface area contributed by atoms with Crippen LogP contribution < -0.4 is 0 Å². The number of allylic oxidation sites excluding steroid dienone is 4. The van der Waals surface area contributed by atoms with Gasteiger partial charge in [-0.15, -0.1) is 6.58 Å². The van der Waals surface area contributed by atoms with Crippen molar-refractivity contribution >= 4 is 10.9 Å². The lowest BCUT2D eigenvalue weighted by Gasteiger charge is -2.34. The molecule has 3 unspecified atom stereocenters. The molecule has 5 rings (SSSR count). The monoisotopic (exact) mass is 586 g/mol. The minimum atomic E-state index is 0.549. The molecule has 0 spiro atoms. The first-order chi connectivity index (χ1) is 20.6. The maximum atomic E-state index is 5.17. The molecule has 0 N–H and O–H groups in total. The molecule has 0 saturated heterocycles. The molecule has 238 valence electrons. The van der Waals surface area contributed by atoms with Crippen molar-refractivity contribution in [1.82, 2.24) is 14.8 Å². The zero-order valence-corrected chi connectivity index (χ0v) is 30.0. The van der Waals surface area contributed by atoms with E-state index in [1.165, 1.54) is 62.8 Å². The smallest absolute Gasteiger partial charge is 0.0713 e. The van der Waals surface area contributed by atoms with Gasteiger partial charge in [0.1, 0.15) is 0 Å². The van der Waals surface area contributed by atoms with Crippen molar-refractivity contribution in [1.29, 1.82) is 0 Å². The Bertz CT molecular complexity index is 1300. The number of nitrogens with zero attached hydrogens (tertiary/aromatic N) is 3. The van der Waals surface area contributed by atoms with Crippen LogP contribution in [0.4, 0.5) is 0 Å². The molecule has 0 radical (unpaired) electrons. The number of hydrogen-bond acceptors (Lipinski definition) is 3. The molecule has 3 nitrogen and oxygen atoms in total. The molecule has 0 bridgehead atoms. The summed E-state index contributed by atoms with van der Waals surface area (Å²) in [4.78, 5) is 10.2. The van der Waals surface area contributed by atoms with Crippen molar-refractivity contribution in [2.24, 2.45) is 11.8 Å². The fourth-order valence-corrected chi connectivity index (χ4v) is 6.65. The van der Waals surface area contributed by atoms with Crippen molar-refractivity contribution in [2.75, 3.05) is 26.7 Å². The van der Waals surface area contributed by atoms with Crippen molar-refractivity contribution in [3.8, 4) is 0 Å². The molecule has 43 heavy (non-hydrogen) atoms. The number of pyridine rings is 1. The van der Waals surface area contributed by atoms with Crippen molar-refractivity contribution in [3.63, 3.8) is 0 Å². The Labute approximate surface area is 265 Å². The Morgan fingerprint density at radius 1 is 1.05 bits per heavy atom. The van der Waals surface area contributed by atoms with Gasteiger partial charge in [0.25, 0.3) is 0 Å². The van der Waals surface area contributed by atoms with Crippen LogP contribution >= 0.6 is 0 Å². The summed E-state index contributed by atoms with van der Waals surface area (Å²) in [6.07, 6.45) is 11.0. The minimum Gasteiger partial charge on any atom is -0.363 e. The largest absolute Gasteiger partial charge is 0.363 e. The summed E-state index contributed by atoms with van der Waals surface area (Å²) >= 11 is 0. The van der Waals surface area contributed by atoms with Crippen LogP contribution in [-0.2, 0) is 13.0 Å². The predicted molar refractivity (Wildman–Crippen MR) is 192 cm³/mol. The second kappa shape index (κ2) is 17.0. The highest BCUT2D eigenvalue weighted by Crippen LogP contribution is 2.43. The molecule has 0 saturated carbocycles. The normalized spacial score (nSPS) is 20.2. The molecule has 2 aromatic rings. The van der Waals surface area contributed by atoms with Crippen molar-refractivity contribution in [2.45, 2.75) is 114 Å². The van der Waals surface area contributed by atoms with Gasteiger partial charge in [-0.05, 0) is 130 Å². The Morgan fingerprint density at radius 2 is 1.67 bits per heavy atom. The van der Waals surface area contributed by atoms with E-state index in [-0.39, 0.29) is 0 Å². The molecule has 0 amide bonds. The van der Waals surface area contributed by atoms with E-state index >= 15 is 0 Å². The molecule has 1 aromatic carbocycles. The molecular weight excluding hydrogens is 522 g/mol. The number of likely N-dealkylation sites (N-methyl/N-ethyl adjacent to an activating group) is 1. The fourth-order valence-electron chi connectivity index (χ4n) is 6.65. The van der Waals surface area contributed by atoms with Gasteiger partial charge < -0.3 is 9.80 Å². The predicted octanol–water partition coefficient (Wildman–Crippen LogP) is 10.6. The van der Waals surface area contributed by atoms with E-state index in [2.05, 4.69) is 96.7 Å². The lowest BCUT2D eigenvalue weighted by atomic mass is 9.77. The molecule has 3 aliphatic rings. The summed E-state index contributed by atoms with van der Waals surface area (Å²) < 4.78 is 0. The van der Waals surface area contributed by atoms with Crippen LogP contribution in [0, 0.1) is 32.6 Å². The average Bonchev–Trinajstić information content (AvgIpc) is 3.27. The Kier molecular flexibility index (Phi) is 14.4. The summed E-state index contributed by atoms with van der Waals surface area (Å²) in [6, 6.07) is 2.31. The van der Waals surface area contributed by atoms with Crippen LogP contribution in [0.2, 0.25) is 0 Å². The average molecular weight is 586 g/mol. The standard InChI is InChI=1S/C30H41N3.C6H10.2C2H6/c1-9-11-25-20(4)16-33(23(25)7)18-27-22(6)31-28-15-19(3)21(5)26-13-12-24(29(27)30(26)28)17-32(8)14-10-2;1-5-3-4-6(5)2;2*1-2/h9,15,24H,1,7,10-14,16-18H2,2-6,8H3;3-6H,1-2H3;2*1-2H3. The Balaban J connectivity index is 0.000000559. The topological polar surface area (TPSA) is 19.4 Å². The van der Waals surface area contributed by atoms with Crippen LogP contribution in [0.25, 0.3) is 10.9 Å². The van der Waals surface area contributed by atoms with E-state index in [9.17, 15) is 0 Å². The molecule has 1 aliphatic heterocycles. The van der Waals surface area contributed by atoms with Gasteiger partial charge in [-0.2, -0.15) is 0 Å². The quantitative estimate of drug-likeness (QED) is 0.287.